The van der Waals surface area contributed by atoms with Crippen molar-refractivity contribution in [1.82, 2.24) is 19.7 Å². The molecule has 6 heteroatoms. The molecule has 25 heavy (non-hydrogen) atoms. The van der Waals surface area contributed by atoms with Gasteiger partial charge in [-0.25, -0.2) is 9.97 Å². The van der Waals surface area contributed by atoms with Gasteiger partial charge < -0.3 is 10.1 Å². The fourth-order valence-corrected chi connectivity index (χ4v) is 2.85. The molecule has 0 radical (unpaired) electrons. The van der Waals surface area contributed by atoms with E-state index < -0.39 is 0 Å². The zero-order valence-corrected chi connectivity index (χ0v) is 15.4. The third-order valence-electron chi connectivity index (χ3n) is 3.81. The summed E-state index contributed by atoms with van der Waals surface area (Å²) < 4.78 is 7.68. The van der Waals surface area contributed by atoms with Gasteiger partial charge in [0.25, 0.3) is 0 Å². The molecule has 6 nitrogen and oxygen atoms in total. The van der Waals surface area contributed by atoms with E-state index in [1.807, 2.05) is 29.9 Å². The number of pyridine rings is 2. The van der Waals surface area contributed by atoms with Gasteiger partial charge in [0.05, 0.1) is 29.7 Å². The van der Waals surface area contributed by atoms with Crippen LogP contribution in [0.25, 0.3) is 22.3 Å². The second kappa shape index (κ2) is 7.09. The zero-order chi connectivity index (χ0) is 18.0. The van der Waals surface area contributed by atoms with Crippen molar-refractivity contribution in [3.05, 3.63) is 30.6 Å². The maximum Gasteiger partial charge on any atom is 0.222 e. The molecule has 0 fully saturated rings. The summed E-state index contributed by atoms with van der Waals surface area (Å²) in [4.78, 5) is 9.16. The summed E-state index contributed by atoms with van der Waals surface area (Å²) in [6, 6.07) is 6.50. The monoisotopic (exact) mass is 339 g/mol. The van der Waals surface area contributed by atoms with Crippen molar-refractivity contribution in [3.8, 4) is 17.1 Å². The summed E-state index contributed by atoms with van der Waals surface area (Å²) in [5, 5.41) is 8.05. The quantitative estimate of drug-likeness (QED) is 0.725. The highest BCUT2D eigenvalue weighted by molar-refractivity contribution is 5.91. The van der Waals surface area contributed by atoms with Gasteiger partial charge in [-0.3, -0.25) is 4.68 Å². The normalized spacial score (nSPS) is 11.5. The highest BCUT2D eigenvalue weighted by Crippen LogP contribution is 2.33. The summed E-state index contributed by atoms with van der Waals surface area (Å²) in [7, 11) is 0. The van der Waals surface area contributed by atoms with Gasteiger partial charge in [-0.15, -0.1) is 0 Å². The minimum Gasteiger partial charge on any atom is -0.477 e. The van der Waals surface area contributed by atoms with Crippen LogP contribution in [0.15, 0.2) is 30.6 Å². The third kappa shape index (κ3) is 3.43. The van der Waals surface area contributed by atoms with Gasteiger partial charge in [0, 0.05) is 18.3 Å². The van der Waals surface area contributed by atoms with Crippen molar-refractivity contribution in [2.45, 2.75) is 46.7 Å². The van der Waals surface area contributed by atoms with E-state index in [1.165, 1.54) is 0 Å². The molecule has 0 saturated heterocycles. The SMILES string of the molecule is CCOc1ncccc1-c1cc(NC(C)C)c2c(cnn2C(C)C)n1. The predicted octanol–water partition coefficient (Wildman–Crippen LogP) is 4.29. The molecule has 1 N–H and O–H groups in total. The number of ether oxygens (including phenoxy) is 1. The zero-order valence-electron chi connectivity index (χ0n) is 15.4. The highest BCUT2D eigenvalue weighted by atomic mass is 16.5. The first kappa shape index (κ1) is 17.2. The first-order valence-electron chi connectivity index (χ1n) is 8.74. The Morgan fingerprint density at radius 2 is 2.04 bits per heavy atom. The van der Waals surface area contributed by atoms with Crippen LogP contribution in [0.1, 0.15) is 40.7 Å². The minimum atomic E-state index is 0.259. The van der Waals surface area contributed by atoms with Crippen LogP contribution in [0.4, 0.5) is 5.69 Å². The average molecular weight is 339 g/mol. The lowest BCUT2D eigenvalue weighted by atomic mass is 10.1. The molecule has 0 aliphatic carbocycles. The number of fused-ring (bicyclic) bond motifs is 1. The van der Waals surface area contributed by atoms with Crippen LogP contribution in [0.3, 0.4) is 0 Å². The minimum absolute atomic E-state index is 0.259. The number of nitrogens with one attached hydrogen (secondary N) is 1. The van der Waals surface area contributed by atoms with Crippen LogP contribution in [0, 0.1) is 0 Å². The number of rotatable bonds is 6. The molecule has 0 aliphatic heterocycles. The van der Waals surface area contributed by atoms with E-state index >= 15 is 0 Å². The van der Waals surface area contributed by atoms with Crippen molar-refractivity contribution in [2.24, 2.45) is 0 Å². The Kier molecular flexibility index (Phi) is 4.88. The molecule has 0 aromatic carbocycles. The maximum atomic E-state index is 5.68. The summed E-state index contributed by atoms with van der Waals surface area (Å²) in [6.07, 6.45) is 3.55. The number of aromatic nitrogens is 4. The molecular formula is C19H25N5O. The molecule has 3 heterocycles. The molecule has 0 amide bonds. The summed E-state index contributed by atoms with van der Waals surface area (Å²) in [5.41, 5.74) is 4.62. The first-order chi connectivity index (χ1) is 12.0. The van der Waals surface area contributed by atoms with Crippen molar-refractivity contribution >= 4 is 16.7 Å². The number of nitrogens with zero attached hydrogens (tertiary/aromatic N) is 4. The van der Waals surface area contributed by atoms with Gasteiger partial charge in [0.1, 0.15) is 11.0 Å². The van der Waals surface area contributed by atoms with Crippen LogP contribution in [0.5, 0.6) is 5.88 Å². The highest BCUT2D eigenvalue weighted by Gasteiger charge is 2.17. The summed E-state index contributed by atoms with van der Waals surface area (Å²) in [6.45, 7) is 11.0. The van der Waals surface area contributed by atoms with E-state index in [2.05, 4.69) is 49.2 Å². The lowest BCUT2D eigenvalue weighted by Gasteiger charge is -2.16. The van der Waals surface area contributed by atoms with E-state index in [1.54, 1.807) is 6.20 Å². The van der Waals surface area contributed by atoms with Crippen LogP contribution in [-0.4, -0.2) is 32.4 Å². The molecule has 0 aliphatic rings. The average Bonchev–Trinajstić information content (AvgIpc) is 2.99. The third-order valence-corrected chi connectivity index (χ3v) is 3.81. The van der Waals surface area contributed by atoms with E-state index in [0.29, 0.717) is 18.5 Å². The Balaban J connectivity index is 2.21. The Bertz CT molecular complexity index is 869. The van der Waals surface area contributed by atoms with Crippen LogP contribution < -0.4 is 10.1 Å². The Morgan fingerprint density at radius 3 is 2.72 bits per heavy atom. The van der Waals surface area contributed by atoms with E-state index in [-0.39, 0.29) is 6.04 Å². The van der Waals surface area contributed by atoms with E-state index in [4.69, 9.17) is 9.72 Å². The molecule has 132 valence electrons. The fraction of sp³-hybridized carbons (Fsp3) is 0.421. The molecule has 0 saturated carbocycles. The predicted molar refractivity (Wildman–Crippen MR) is 101 cm³/mol. The van der Waals surface area contributed by atoms with Gasteiger partial charge in [0.2, 0.25) is 5.88 Å². The van der Waals surface area contributed by atoms with Crippen LogP contribution >= 0.6 is 0 Å². The second-order valence-corrected chi connectivity index (χ2v) is 6.56. The summed E-state index contributed by atoms with van der Waals surface area (Å²) >= 11 is 0. The second-order valence-electron chi connectivity index (χ2n) is 6.56. The molecule has 3 aromatic heterocycles. The van der Waals surface area contributed by atoms with Crippen LogP contribution in [0.2, 0.25) is 0 Å². The largest absolute Gasteiger partial charge is 0.477 e. The lowest BCUT2D eigenvalue weighted by molar-refractivity contribution is 0.328. The number of hydrogen-bond acceptors (Lipinski definition) is 5. The fourth-order valence-electron chi connectivity index (χ4n) is 2.85. The van der Waals surface area contributed by atoms with Crippen molar-refractivity contribution in [3.63, 3.8) is 0 Å². The molecular weight excluding hydrogens is 314 g/mol. The van der Waals surface area contributed by atoms with Crippen molar-refractivity contribution in [2.75, 3.05) is 11.9 Å². The standard InChI is InChI=1S/C19H25N5O/c1-6-25-19-14(8-7-9-20-19)15-10-16(22-12(2)3)18-17(23-15)11-21-24(18)13(4)5/h7-13H,6H2,1-5H3,(H,22,23). The van der Waals surface area contributed by atoms with Gasteiger partial charge in [-0.1, -0.05) is 0 Å². The van der Waals surface area contributed by atoms with Gasteiger partial charge in [-0.2, -0.15) is 5.10 Å². The Morgan fingerprint density at radius 1 is 1.24 bits per heavy atom. The smallest absolute Gasteiger partial charge is 0.222 e. The molecule has 3 aromatic rings. The van der Waals surface area contributed by atoms with Gasteiger partial charge in [0.15, 0.2) is 0 Å². The first-order valence-corrected chi connectivity index (χ1v) is 8.74. The van der Waals surface area contributed by atoms with E-state index in [9.17, 15) is 0 Å². The molecule has 0 atom stereocenters. The number of hydrogen-bond donors (Lipinski definition) is 1. The Hall–Kier alpha value is -2.63. The molecule has 0 unspecified atom stereocenters. The molecule has 0 spiro atoms. The van der Waals surface area contributed by atoms with Crippen molar-refractivity contribution in [1.29, 1.82) is 0 Å². The van der Waals surface area contributed by atoms with Crippen molar-refractivity contribution < 1.29 is 4.74 Å². The Labute approximate surface area is 148 Å². The lowest BCUT2D eigenvalue weighted by Crippen LogP contribution is -2.12. The van der Waals surface area contributed by atoms with E-state index in [0.717, 1.165) is 28.0 Å². The molecule has 0 bridgehead atoms. The molecule has 3 rings (SSSR count). The van der Waals surface area contributed by atoms with Gasteiger partial charge in [-0.05, 0) is 52.8 Å². The maximum absolute atomic E-state index is 5.68. The number of anilines is 1. The summed E-state index contributed by atoms with van der Waals surface area (Å²) in [5.74, 6) is 0.601. The van der Waals surface area contributed by atoms with Crippen LogP contribution in [-0.2, 0) is 0 Å². The van der Waals surface area contributed by atoms with Gasteiger partial charge >= 0.3 is 0 Å². The topological polar surface area (TPSA) is 64.9 Å².